The summed E-state index contributed by atoms with van der Waals surface area (Å²) in [5.41, 5.74) is -0.220. The van der Waals surface area contributed by atoms with Gasteiger partial charge in [0.2, 0.25) is 0 Å². The van der Waals surface area contributed by atoms with E-state index >= 15 is 0 Å². The van der Waals surface area contributed by atoms with E-state index in [4.69, 9.17) is 8.92 Å². The SMILES string of the molecule is CCN1C[C@@H](COS(=O)(=O)c2ccc([N+](=O)[O-])cc2)OC1=O. The van der Waals surface area contributed by atoms with E-state index in [1.807, 2.05) is 0 Å². The molecule has 0 radical (unpaired) electrons. The van der Waals surface area contributed by atoms with Gasteiger partial charge in [0, 0.05) is 18.7 Å². The van der Waals surface area contributed by atoms with Crippen molar-refractivity contribution >= 4 is 21.9 Å². The van der Waals surface area contributed by atoms with Crippen molar-refractivity contribution in [2.75, 3.05) is 19.7 Å². The molecule has 0 unspecified atom stereocenters. The van der Waals surface area contributed by atoms with Gasteiger partial charge < -0.3 is 9.64 Å². The second kappa shape index (κ2) is 6.28. The van der Waals surface area contributed by atoms with E-state index in [0.29, 0.717) is 6.54 Å². The lowest BCUT2D eigenvalue weighted by Crippen LogP contribution is -2.26. The minimum atomic E-state index is -4.06. The average Bonchev–Trinajstić information content (AvgIpc) is 2.85. The summed E-state index contributed by atoms with van der Waals surface area (Å²) in [6.45, 7) is 2.19. The molecule has 0 bridgehead atoms. The number of nitro benzene ring substituents is 1. The van der Waals surface area contributed by atoms with Gasteiger partial charge in [-0.05, 0) is 19.1 Å². The van der Waals surface area contributed by atoms with Gasteiger partial charge in [0.15, 0.2) is 0 Å². The van der Waals surface area contributed by atoms with Crippen LogP contribution in [-0.4, -0.2) is 50.1 Å². The Morgan fingerprint density at radius 3 is 2.55 bits per heavy atom. The first-order chi connectivity index (χ1) is 10.3. The van der Waals surface area contributed by atoms with Gasteiger partial charge in [0.05, 0.1) is 16.4 Å². The Morgan fingerprint density at radius 2 is 2.05 bits per heavy atom. The molecular weight excluding hydrogens is 316 g/mol. The molecule has 1 amide bonds. The fourth-order valence-electron chi connectivity index (χ4n) is 1.89. The van der Waals surface area contributed by atoms with Gasteiger partial charge >= 0.3 is 6.09 Å². The molecule has 0 spiro atoms. The van der Waals surface area contributed by atoms with Crippen molar-refractivity contribution in [2.24, 2.45) is 0 Å². The van der Waals surface area contributed by atoms with Crippen molar-refractivity contribution in [3.63, 3.8) is 0 Å². The second-order valence-corrected chi connectivity index (χ2v) is 6.15. The molecule has 9 nitrogen and oxygen atoms in total. The maximum atomic E-state index is 12.0. The van der Waals surface area contributed by atoms with Gasteiger partial charge in [-0.15, -0.1) is 0 Å². The summed E-state index contributed by atoms with van der Waals surface area (Å²) in [4.78, 5) is 22.5. The first-order valence-corrected chi connectivity index (χ1v) is 7.83. The Hall–Kier alpha value is -2.20. The minimum Gasteiger partial charge on any atom is -0.442 e. The first-order valence-electron chi connectivity index (χ1n) is 6.43. The molecular formula is C12H14N2O7S. The summed E-state index contributed by atoms with van der Waals surface area (Å²) in [6, 6.07) is 4.33. The number of hydrogen-bond acceptors (Lipinski definition) is 7. The highest BCUT2D eigenvalue weighted by Gasteiger charge is 2.31. The number of carbonyl (C=O) groups excluding carboxylic acids is 1. The molecule has 10 heteroatoms. The van der Waals surface area contributed by atoms with Crippen molar-refractivity contribution in [3.05, 3.63) is 34.4 Å². The molecule has 2 rings (SSSR count). The predicted molar refractivity (Wildman–Crippen MR) is 73.8 cm³/mol. The van der Waals surface area contributed by atoms with E-state index in [1.54, 1.807) is 6.92 Å². The predicted octanol–water partition coefficient (Wildman–Crippen LogP) is 1.14. The van der Waals surface area contributed by atoms with Gasteiger partial charge in [0.25, 0.3) is 15.8 Å². The van der Waals surface area contributed by atoms with Crippen LogP contribution < -0.4 is 0 Å². The van der Waals surface area contributed by atoms with E-state index in [1.165, 1.54) is 4.90 Å². The van der Waals surface area contributed by atoms with Gasteiger partial charge in [-0.2, -0.15) is 8.42 Å². The largest absolute Gasteiger partial charge is 0.442 e. The smallest absolute Gasteiger partial charge is 0.410 e. The molecule has 0 saturated carbocycles. The number of hydrogen-bond donors (Lipinski definition) is 0. The van der Waals surface area contributed by atoms with Gasteiger partial charge in [-0.3, -0.25) is 14.3 Å². The van der Waals surface area contributed by atoms with E-state index in [2.05, 4.69) is 0 Å². The van der Waals surface area contributed by atoms with Crippen LogP contribution in [0.3, 0.4) is 0 Å². The number of nitrogens with zero attached hydrogens (tertiary/aromatic N) is 2. The van der Waals surface area contributed by atoms with Crippen molar-refractivity contribution < 1.29 is 27.1 Å². The van der Waals surface area contributed by atoms with Crippen LogP contribution in [0.15, 0.2) is 29.2 Å². The van der Waals surface area contributed by atoms with Crippen molar-refractivity contribution in [3.8, 4) is 0 Å². The Labute approximate surface area is 126 Å². The summed E-state index contributed by atoms with van der Waals surface area (Å²) in [6.07, 6.45) is -1.18. The molecule has 1 fully saturated rings. The molecule has 0 aromatic heterocycles. The Bertz CT molecular complexity index is 671. The number of likely N-dealkylation sites (N-methyl/N-ethyl adjacent to an activating group) is 1. The third-order valence-corrected chi connectivity index (χ3v) is 4.37. The van der Waals surface area contributed by atoms with Gasteiger partial charge in [-0.25, -0.2) is 4.79 Å². The molecule has 22 heavy (non-hydrogen) atoms. The van der Waals surface area contributed by atoms with Crippen molar-refractivity contribution in [2.45, 2.75) is 17.9 Å². The molecule has 1 saturated heterocycles. The summed E-state index contributed by atoms with van der Waals surface area (Å²) in [5, 5.41) is 10.5. The fourth-order valence-corrected chi connectivity index (χ4v) is 2.82. The number of ether oxygens (including phenoxy) is 1. The normalized spacial score (nSPS) is 18.3. The number of non-ortho nitro benzene ring substituents is 1. The topological polar surface area (TPSA) is 116 Å². The standard InChI is InChI=1S/C12H14N2O7S/c1-2-13-7-10(21-12(13)15)8-20-22(18,19)11-5-3-9(4-6-11)14(16)17/h3-6,10H,2,7-8H2,1H3/t10-/m0/s1. The van der Waals surface area contributed by atoms with Gasteiger partial charge in [-0.1, -0.05) is 0 Å². The molecule has 1 aliphatic rings. The zero-order valence-corrected chi connectivity index (χ0v) is 12.5. The van der Waals surface area contributed by atoms with Crippen LogP contribution in [0.25, 0.3) is 0 Å². The van der Waals surface area contributed by atoms with Crippen LogP contribution in [-0.2, 0) is 19.0 Å². The zero-order valence-electron chi connectivity index (χ0n) is 11.7. The average molecular weight is 330 g/mol. The Balaban J connectivity index is 1.99. The maximum Gasteiger partial charge on any atom is 0.410 e. The number of benzene rings is 1. The third-order valence-electron chi connectivity index (χ3n) is 3.08. The first kappa shape index (κ1) is 16.2. The van der Waals surface area contributed by atoms with Crippen LogP contribution >= 0.6 is 0 Å². The lowest BCUT2D eigenvalue weighted by molar-refractivity contribution is -0.384. The van der Waals surface area contributed by atoms with E-state index in [0.717, 1.165) is 24.3 Å². The number of cyclic esters (lactones) is 1. The zero-order chi connectivity index (χ0) is 16.3. The van der Waals surface area contributed by atoms with E-state index in [9.17, 15) is 23.3 Å². The monoisotopic (exact) mass is 330 g/mol. The van der Waals surface area contributed by atoms with E-state index < -0.39 is 27.2 Å². The molecule has 120 valence electrons. The fraction of sp³-hybridized carbons (Fsp3) is 0.417. The quantitative estimate of drug-likeness (QED) is 0.436. The summed E-state index contributed by atoms with van der Waals surface area (Å²) in [5.74, 6) is 0. The highest BCUT2D eigenvalue weighted by atomic mass is 32.2. The number of carbonyl (C=O) groups is 1. The number of amides is 1. The minimum absolute atomic E-state index is 0.199. The summed E-state index contributed by atoms with van der Waals surface area (Å²) >= 11 is 0. The van der Waals surface area contributed by atoms with Crippen molar-refractivity contribution in [1.82, 2.24) is 4.90 Å². The second-order valence-electron chi connectivity index (χ2n) is 4.53. The third kappa shape index (κ3) is 3.52. The van der Waals surface area contributed by atoms with Crippen molar-refractivity contribution in [1.29, 1.82) is 0 Å². The Morgan fingerprint density at radius 1 is 1.41 bits per heavy atom. The van der Waals surface area contributed by atoms with Crippen LogP contribution in [0.5, 0.6) is 0 Å². The van der Waals surface area contributed by atoms with E-state index in [-0.39, 0.29) is 23.7 Å². The lowest BCUT2D eigenvalue weighted by atomic mass is 10.3. The van der Waals surface area contributed by atoms with Crippen LogP contribution in [0, 0.1) is 10.1 Å². The molecule has 1 aliphatic heterocycles. The maximum absolute atomic E-state index is 12.0. The lowest BCUT2D eigenvalue weighted by Gasteiger charge is -2.10. The molecule has 0 aliphatic carbocycles. The Kier molecular flexibility index (Phi) is 4.62. The van der Waals surface area contributed by atoms with Crippen LogP contribution in [0.1, 0.15) is 6.92 Å². The summed E-state index contributed by atoms with van der Waals surface area (Å²) in [7, 11) is -4.06. The van der Waals surface area contributed by atoms with Crippen LogP contribution in [0.4, 0.5) is 10.5 Å². The summed E-state index contributed by atoms with van der Waals surface area (Å²) < 4.78 is 33.7. The number of rotatable bonds is 6. The highest BCUT2D eigenvalue weighted by molar-refractivity contribution is 7.86. The van der Waals surface area contributed by atoms with Crippen LogP contribution in [0.2, 0.25) is 0 Å². The van der Waals surface area contributed by atoms with Gasteiger partial charge in [0.1, 0.15) is 12.7 Å². The molecule has 1 heterocycles. The molecule has 0 N–H and O–H groups in total. The molecule has 1 atom stereocenters. The molecule has 1 aromatic carbocycles. The highest BCUT2D eigenvalue weighted by Crippen LogP contribution is 2.19. The number of nitro groups is 1. The molecule has 1 aromatic rings.